The average Bonchev–Trinajstić information content (AvgIpc) is 3.01. The maximum absolute atomic E-state index is 12.5. The predicted molar refractivity (Wildman–Crippen MR) is 107 cm³/mol. The number of aryl methyl sites for hydroxylation is 1. The van der Waals surface area contributed by atoms with Gasteiger partial charge in [-0.05, 0) is 43.3 Å². The van der Waals surface area contributed by atoms with E-state index in [0.29, 0.717) is 16.7 Å². The molecule has 10 heteroatoms. The van der Waals surface area contributed by atoms with Gasteiger partial charge in [0, 0.05) is 18.3 Å². The lowest BCUT2D eigenvalue weighted by molar-refractivity contribution is -0.133. The second-order valence-corrected chi connectivity index (χ2v) is 8.67. The highest BCUT2D eigenvalue weighted by molar-refractivity contribution is 7.99. The molecule has 28 heavy (non-hydrogen) atoms. The summed E-state index contributed by atoms with van der Waals surface area (Å²) in [7, 11) is -1.93. The van der Waals surface area contributed by atoms with E-state index in [2.05, 4.69) is 14.9 Å². The molecule has 1 aromatic heterocycles. The maximum Gasteiger partial charge on any atom is 0.313 e. The van der Waals surface area contributed by atoms with Crippen molar-refractivity contribution in [3.05, 3.63) is 54.1 Å². The standard InChI is InChI=1S/C18H18N4O4S2/c1-12-3-9-15(10-4-12)28(25,26)21-14-7-5-13(6-8-14)17-19-20-18(22(17)2)27-11-16(23)24/h3-10,21H,11H2,1-2H3,(H,23,24). The minimum Gasteiger partial charge on any atom is -0.481 e. The third-order valence-electron chi connectivity index (χ3n) is 3.89. The Morgan fingerprint density at radius 2 is 1.75 bits per heavy atom. The van der Waals surface area contributed by atoms with Crippen molar-refractivity contribution in [2.75, 3.05) is 10.5 Å². The molecule has 0 radical (unpaired) electrons. The molecule has 1 heterocycles. The molecule has 3 rings (SSSR count). The molecular weight excluding hydrogens is 400 g/mol. The van der Waals surface area contributed by atoms with Crippen LogP contribution in [0.3, 0.4) is 0 Å². The summed E-state index contributed by atoms with van der Waals surface area (Å²) in [5, 5.41) is 17.3. The molecule has 0 aliphatic carbocycles. The number of hydrogen-bond acceptors (Lipinski definition) is 6. The Labute approximate surface area is 166 Å². The molecule has 2 N–H and O–H groups in total. The van der Waals surface area contributed by atoms with Crippen LogP contribution < -0.4 is 4.72 Å². The van der Waals surface area contributed by atoms with Gasteiger partial charge in [0.1, 0.15) is 0 Å². The number of aliphatic carboxylic acids is 1. The molecule has 146 valence electrons. The van der Waals surface area contributed by atoms with Gasteiger partial charge in [-0.2, -0.15) is 0 Å². The highest BCUT2D eigenvalue weighted by Gasteiger charge is 2.15. The Bertz CT molecular complexity index is 1090. The van der Waals surface area contributed by atoms with Gasteiger partial charge in [-0.25, -0.2) is 8.42 Å². The third-order valence-corrected chi connectivity index (χ3v) is 6.29. The van der Waals surface area contributed by atoms with E-state index in [0.717, 1.165) is 22.9 Å². The molecule has 0 saturated heterocycles. The first kappa shape index (κ1) is 19.9. The number of hydrogen-bond donors (Lipinski definition) is 2. The number of carboxylic acid groups (broad SMARTS) is 1. The molecule has 0 amide bonds. The summed E-state index contributed by atoms with van der Waals surface area (Å²) in [6.07, 6.45) is 0. The van der Waals surface area contributed by atoms with Crippen molar-refractivity contribution >= 4 is 33.4 Å². The Hall–Kier alpha value is -2.85. The highest BCUT2D eigenvalue weighted by Crippen LogP contribution is 2.24. The Morgan fingerprint density at radius 3 is 2.36 bits per heavy atom. The first-order valence-electron chi connectivity index (χ1n) is 8.20. The fourth-order valence-electron chi connectivity index (χ4n) is 2.44. The zero-order chi connectivity index (χ0) is 20.3. The fourth-order valence-corrected chi connectivity index (χ4v) is 4.13. The first-order chi connectivity index (χ1) is 13.3. The number of anilines is 1. The number of sulfonamides is 1. The van der Waals surface area contributed by atoms with Gasteiger partial charge in [-0.3, -0.25) is 9.52 Å². The monoisotopic (exact) mass is 418 g/mol. The van der Waals surface area contributed by atoms with Crippen molar-refractivity contribution in [1.82, 2.24) is 14.8 Å². The van der Waals surface area contributed by atoms with Crippen LogP contribution in [0.25, 0.3) is 11.4 Å². The van der Waals surface area contributed by atoms with Crippen molar-refractivity contribution in [1.29, 1.82) is 0 Å². The summed E-state index contributed by atoms with van der Waals surface area (Å²) in [5.41, 5.74) is 2.13. The molecule has 0 aliphatic heterocycles. The number of rotatable bonds is 7. The van der Waals surface area contributed by atoms with Gasteiger partial charge in [0.2, 0.25) is 0 Å². The van der Waals surface area contributed by atoms with Crippen molar-refractivity contribution in [3.63, 3.8) is 0 Å². The number of benzene rings is 2. The Balaban J connectivity index is 1.77. The minimum atomic E-state index is -3.67. The summed E-state index contributed by atoms with van der Waals surface area (Å²) in [5.74, 6) is -0.480. The van der Waals surface area contributed by atoms with Gasteiger partial charge in [0.15, 0.2) is 11.0 Å². The maximum atomic E-state index is 12.5. The van der Waals surface area contributed by atoms with Gasteiger partial charge >= 0.3 is 5.97 Å². The number of nitrogens with zero attached hydrogens (tertiary/aromatic N) is 3. The Kier molecular flexibility index (Phi) is 5.71. The summed E-state index contributed by atoms with van der Waals surface area (Å²) < 4.78 is 29.2. The molecule has 8 nitrogen and oxygen atoms in total. The number of thioether (sulfide) groups is 1. The lowest BCUT2D eigenvalue weighted by Gasteiger charge is -2.09. The van der Waals surface area contributed by atoms with E-state index in [-0.39, 0.29) is 10.6 Å². The number of carboxylic acids is 1. The van der Waals surface area contributed by atoms with Gasteiger partial charge < -0.3 is 9.67 Å². The minimum absolute atomic E-state index is 0.105. The van der Waals surface area contributed by atoms with E-state index in [1.165, 1.54) is 0 Å². The van der Waals surface area contributed by atoms with Crippen LogP contribution in [0.2, 0.25) is 0 Å². The van der Waals surface area contributed by atoms with Gasteiger partial charge in [0.05, 0.1) is 10.6 Å². The van der Waals surface area contributed by atoms with Gasteiger partial charge in [-0.1, -0.05) is 29.5 Å². The fraction of sp³-hybridized carbons (Fsp3) is 0.167. The first-order valence-corrected chi connectivity index (χ1v) is 10.7. The van der Waals surface area contributed by atoms with Crippen LogP contribution in [0, 0.1) is 6.92 Å². The average molecular weight is 419 g/mol. The zero-order valence-corrected chi connectivity index (χ0v) is 16.8. The summed E-state index contributed by atoms with van der Waals surface area (Å²) >= 11 is 1.08. The molecular formula is C18H18N4O4S2. The highest BCUT2D eigenvalue weighted by atomic mass is 32.2. The summed E-state index contributed by atoms with van der Waals surface area (Å²) in [4.78, 5) is 10.9. The van der Waals surface area contributed by atoms with E-state index in [1.807, 2.05) is 6.92 Å². The van der Waals surface area contributed by atoms with Crippen molar-refractivity contribution in [2.24, 2.45) is 7.05 Å². The molecule has 3 aromatic rings. The summed E-state index contributed by atoms with van der Waals surface area (Å²) in [6.45, 7) is 1.89. The SMILES string of the molecule is Cc1ccc(S(=O)(=O)Nc2ccc(-c3nnc(SCC(=O)O)n3C)cc2)cc1. The van der Waals surface area contributed by atoms with Crippen molar-refractivity contribution < 1.29 is 18.3 Å². The van der Waals surface area contributed by atoms with E-state index in [1.54, 1.807) is 60.1 Å². The number of nitrogens with one attached hydrogen (secondary N) is 1. The topological polar surface area (TPSA) is 114 Å². The predicted octanol–water partition coefficient (Wildman–Crippen LogP) is 2.77. The molecule has 2 aromatic carbocycles. The second kappa shape index (κ2) is 8.03. The number of aromatic nitrogens is 3. The lowest BCUT2D eigenvalue weighted by Crippen LogP contribution is -2.12. The summed E-state index contributed by atoms with van der Waals surface area (Å²) in [6, 6.07) is 13.3. The molecule has 0 saturated carbocycles. The second-order valence-electron chi connectivity index (χ2n) is 6.04. The van der Waals surface area contributed by atoms with Crippen LogP contribution in [0.15, 0.2) is 58.6 Å². The molecule has 0 unspecified atom stereocenters. The van der Waals surface area contributed by atoms with E-state index < -0.39 is 16.0 Å². The molecule has 0 aliphatic rings. The van der Waals surface area contributed by atoms with Crippen molar-refractivity contribution in [3.8, 4) is 11.4 Å². The van der Waals surface area contributed by atoms with Crippen LogP contribution in [0.4, 0.5) is 5.69 Å². The van der Waals surface area contributed by atoms with E-state index >= 15 is 0 Å². The number of carbonyl (C=O) groups is 1. The van der Waals surface area contributed by atoms with E-state index in [9.17, 15) is 13.2 Å². The largest absolute Gasteiger partial charge is 0.481 e. The van der Waals surface area contributed by atoms with Crippen LogP contribution in [0.5, 0.6) is 0 Å². The normalized spacial score (nSPS) is 11.4. The smallest absolute Gasteiger partial charge is 0.313 e. The van der Waals surface area contributed by atoms with Crippen molar-refractivity contribution in [2.45, 2.75) is 17.0 Å². The quantitative estimate of drug-likeness (QED) is 0.567. The molecule has 0 bridgehead atoms. The zero-order valence-electron chi connectivity index (χ0n) is 15.2. The lowest BCUT2D eigenvalue weighted by atomic mass is 10.2. The van der Waals surface area contributed by atoms with Crippen LogP contribution in [-0.4, -0.2) is 40.0 Å². The van der Waals surface area contributed by atoms with Gasteiger partial charge in [-0.15, -0.1) is 10.2 Å². The van der Waals surface area contributed by atoms with Gasteiger partial charge in [0.25, 0.3) is 10.0 Å². The van der Waals surface area contributed by atoms with Crippen LogP contribution in [0.1, 0.15) is 5.56 Å². The molecule has 0 atom stereocenters. The van der Waals surface area contributed by atoms with E-state index in [4.69, 9.17) is 5.11 Å². The van der Waals surface area contributed by atoms with Crippen LogP contribution >= 0.6 is 11.8 Å². The molecule has 0 spiro atoms. The molecule has 0 fully saturated rings. The Morgan fingerprint density at radius 1 is 1.11 bits per heavy atom. The third kappa shape index (κ3) is 4.52. The van der Waals surface area contributed by atoms with Crippen LogP contribution in [-0.2, 0) is 21.9 Å².